The molecule has 1 aromatic heterocycles. The standard InChI is InChI=1S/C36H37N5O2/c1-24-30(15-10-16-31(24)40-34(42)26-17-19-27(20-18-26)36(2,3)4)32-23-41(5)35(43)33(39-32)38-29-14-9-13-28(21-29)37-22-25-11-7-6-8-12-25/h6-21,23,37H,22H2,1-5H3,(H,38,39)(H,40,42). The Hall–Kier alpha value is -5.17. The summed E-state index contributed by atoms with van der Waals surface area (Å²) in [7, 11) is 1.71. The maximum Gasteiger partial charge on any atom is 0.293 e. The second kappa shape index (κ2) is 12.4. The van der Waals surface area contributed by atoms with E-state index in [1.165, 1.54) is 15.7 Å². The van der Waals surface area contributed by atoms with Crippen LogP contribution in [0.3, 0.4) is 0 Å². The lowest BCUT2D eigenvalue weighted by molar-refractivity contribution is 0.102. The van der Waals surface area contributed by atoms with Crippen LogP contribution in [0, 0.1) is 6.92 Å². The molecular formula is C36H37N5O2. The van der Waals surface area contributed by atoms with Crippen molar-refractivity contribution in [2.45, 2.75) is 39.7 Å². The fraction of sp³-hybridized carbons (Fsp3) is 0.194. The van der Waals surface area contributed by atoms with Gasteiger partial charge >= 0.3 is 0 Å². The van der Waals surface area contributed by atoms with E-state index in [9.17, 15) is 9.59 Å². The predicted octanol–water partition coefficient (Wildman–Crippen LogP) is 7.66. The molecule has 4 aromatic carbocycles. The molecule has 0 spiro atoms. The van der Waals surface area contributed by atoms with Crippen molar-refractivity contribution in [3.63, 3.8) is 0 Å². The summed E-state index contributed by atoms with van der Waals surface area (Å²) in [6, 6.07) is 31.3. The molecule has 1 amide bonds. The van der Waals surface area contributed by atoms with Crippen LogP contribution in [0.1, 0.15) is 47.8 Å². The summed E-state index contributed by atoms with van der Waals surface area (Å²) < 4.78 is 1.52. The molecule has 0 bridgehead atoms. The molecule has 0 saturated carbocycles. The molecule has 218 valence electrons. The van der Waals surface area contributed by atoms with E-state index in [0.717, 1.165) is 22.5 Å². The number of anilines is 4. The van der Waals surface area contributed by atoms with E-state index in [-0.39, 0.29) is 22.7 Å². The van der Waals surface area contributed by atoms with Crippen molar-refractivity contribution in [1.82, 2.24) is 9.55 Å². The zero-order valence-electron chi connectivity index (χ0n) is 25.2. The number of nitrogens with zero attached hydrogens (tertiary/aromatic N) is 2. The number of aryl methyl sites for hydroxylation is 1. The molecule has 43 heavy (non-hydrogen) atoms. The van der Waals surface area contributed by atoms with Gasteiger partial charge in [0.15, 0.2) is 5.82 Å². The monoisotopic (exact) mass is 571 g/mol. The van der Waals surface area contributed by atoms with Crippen molar-refractivity contribution in [2.75, 3.05) is 16.0 Å². The van der Waals surface area contributed by atoms with E-state index in [1.807, 2.05) is 91.9 Å². The van der Waals surface area contributed by atoms with Crippen LogP contribution in [0.15, 0.2) is 108 Å². The van der Waals surface area contributed by atoms with Gasteiger partial charge in [-0.2, -0.15) is 0 Å². The summed E-state index contributed by atoms with van der Waals surface area (Å²) in [4.78, 5) is 30.9. The van der Waals surface area contributed by atoms with Crippen LogP contribution in [0.2, 0.25) is 0 Å². The Kier molecular flexibility index (Phi) is 8.44. The van der Waals surface area contributed by atoms with Crippen molar-refractivity contribution in [2.24, 2.45) is 7.05 Å². The fourth-order valence-corrected chi connectivity index (χ4v) is 4.83. The SMILES string of the molecule is Cc1c(NC(=O)c2ccc(C(C)(C)C)cc2)cccc1-c1cn(C)c(=O)c(Nc2cccc(NCc3ccccc3)c2)n1. The van der Waals surface area contributed by atoms with Crippen molar-refractivity contribution in [3.8, 4) is 11.3 Å². The van der Waals surface area contributed by atoms with Gasteiger partial charge in [-0.1, -0.05) is 81.4 Å². The molecule has 3 N–H and O–H groups in total. The van der Waals surface area contributed by atoms with Gasteiger partial charge in [-0.25, -0.2) is 4.98 Å². The normalized spacial score (nSPS) is 11.2. The van der Waals surface area contributed by atoms with E-state index in [2.05, 4.69) is 48.9 Å². The molecule has 0 saturated heterocycles. The van der Waals surface area contributed by atoms with Crippen molar-refractivity contribution in [1.29, 1.82) is 0 Å². The van der Waals surface area contributed by atoms with Crippen LogP contribution in [-0.4, -0.2) is 15.5 Å². The minimum Gasteiger partial charge on any atom is -0.381 e. The fourth-order valence-electron chi connectivity index (χ4n) is 4.83. The largest absolute Gasteiger partial charge is 0.381 e. The molecule has 5 aromatic rings. The highest BCUT2D eigenvalue weighted by Crippen LogP contribution is 2.29. The van der Waals surface area contributed by atoms with Crippen LogP contribution in [0.25, 0.3) is 11.3 Å². The summed E-state index contributed by atoms with van der Waals surface area (Å²) in [5, 5.41) is 9.68. The van der Waals surface area contributed by atoms with E-state index >= 15 is 0 Å². The molecule has 7 nitrogen and oxygen atoms in total. The van der Waals surface area contributed by atoms with Gasteiger partial charge in [0.25, 0.3) is 11.5 Å². The number of benzene rings is 4. The molecule has 7 heteroatoms. The van der Waals surface area contributed by atoms with E-state index in [1.54, 1.807) is 13.2 Å². The summed E-state index contributed by atoms with van der Waals surface area (Å²) in [6.45, 7) is 9.07. The first kappa shape index (κ1) is 29.3. The first-order chi connectivity index (χ1) is 20.6. The molecule has 0 unspecified atom stereocenters. The minimum atomic E-state index is -0.243. The summed E-state index contributed by atoms with van der Waals surface area (Å²) >= 11 is 0. The number of amides is 1. The van der Waals surface area contributed by atoms with Crippen molar-refractivity contribution >= 4 is 28.8 Å². The molecule has 1 heterocycles. The highest BCUT2D eigenvalue weighted by molar-refractivity contribution is 6.05. The third kappa shape index (κ3) is 7.01. The Labute approximate surface area is 252 Å². The van der Waals surface area contributed by atoms with E-state index in [0.29, 0.717) is 23.5 Å². The third-order valence-electron chi connectivity index (χ3n) is 7.41. The van der Waals surface area contributed by atoms with E-state index in [4.69, 9.17) is 4.98 Å². The lowest BCUT2D eigenvalue weighted by Crippen LogP contribution is -2.21. The highest BCUT2D eigenvalue weighted by Gasteiger charge is 2.17. The van der Waals surface area contributed by atoms with Crippen molar-refractivity contribution in [3.05, 3.63) is 136 Å². The lowest BCUT2D eigenvalue weighted by Gasteiger charge is -2.19. The molecule has 0 aliphatic heterocycles. The molecule has 5 rings (SSSR count). The minimum absolute atomic E-state index is 0.0124. The average molecular weight is 572 g/mol. The molecule has 0 aliphatic carbocycles. The zero-order valence-corrected chi connectivity index (χ0v) is 25.2. The van der Waals surface area contributed by atoms with Gasteiger partial charge in [-0.15, -0.1) is 0 Å². The topological polar surface area (TPSA) is 88.0 Å². The Morgan fingerprint density at radius 3 is 2.28 bits per heavy atom. The maximum absolute atomic E-state index is 13.1. The Balaban J connectivity index is 1.36. The van der Waals surface area contributed by atoms with Gasteiger partial charge < -0.3 is 20.5 Å². The summed E-state index contributed by atoms with van der Waals surface area (Å²) in [6.07, 6.45) is 1.71. The van der Waals surface area contributed by atoms with Gasteiger partial charge in [0.1, 0.15) is 0 Å². The number of carbonyl (C=O) groups is 1. The van der Waals surface area contributed by atoms with Crippen molar-refractivity contribution < 1.29 is 4.79 Å². The summed E-state index contributed by atoms with van der Waals surface area (Å²) in [5.74, 6) is 0.0326. The third-order valence-corrected chi connectivity index (χ3v) is 7.41. The predicted molar refractivity (Wildman–Crippen MR) is 176 cm³/mol. The molecular weight excluding hydrogens is 534 g/mol. The first-order valence-electron chi connectivity index (χ1n) is 14.3. The Morgan fingerprint density at radius 2 is 1.56 bits per heavy atom. The molecule has 0 aliphatic rings. The van der Waals surface area contributed by atoms with Gasteiger partial charge in [-0.3, -0.25) is 9.59 Å². The Bertz CT molecular complexity index is 1800. The van der Waals surface area contributed by atoms with Gasteiger partial charge in [0.05, 0.1) is 5.69 Å². The average Bonchev–Trinajstić information content (AvgIpc) is 3.00. The second-order valence-electron chi connectivity index (χ2n) is 11.7. The number of rotatable bonds is 8. The quantitative estimate of drug-likeness (QED) is 0.178. The molecule has 0 fully saturated rings. The Morgan fingerprint density at radius 1 is 0.860 bits per heavy atom. The number of hydrogen-bond donors (Lipinski definition) is 3. The van der Waals surface area contributed by atoms with Gasteiger partial charge in [-0.05, 0) is 65.4 Å². The van der Waals surface area contributed by atoms with Crippen LogP contribution in [0.5, 0.6) is 0 Å². The molecule has 0 atom stereocenters. The zero-order chi connectivity index (χ0) is 30.6. The van der Waals surface area contributed by atoms with E-state index < -0.39 is 0 Å². The van der Waals surface area contributed by atoms with Crippen LogP contribution < -0.4 is 21.5 Å². The number of aromatic nitrogens is 2. The number of carbonyl (C=O) groups excluding carboxylic acids is 1. The first-order valence-corrected chi connectivity index (χ1v) is 14.3. The molecule has 0 radical (unpaired) electrons. The van der Waals surface area contributed by atoms with Crippen LogP contribution in [-0.2, 0) is 19.0 Å². The van der Waals surface area contributed by atoms with Gasteiger partial charge in [0, 0.05) is 48.0 Å². The summed E-state index contributed by atoms with van der Waals surface area (Å²) in [5.41, 5.74) is 7.35. The smallest absolute Gasteiger partial charge is 0.293 e. The van der Waals surface area contributed by atoms with Crippen LogP contribution in [0.4, 0.5) is 22.9 Å². The van der Waals surface area contributed by atoms with Crippen LogP contribution >= 0.6 is 0 Å². The second-order valence-corrected chi connectivity index (χ2v) is 11.7. The van der Waals surface area contributed by atoms with Gasteiger partial charge in [0.2, 0.25) is 0 Å². The highest BCUT2D eigenvalue weighted by atomic mass is 16.1. The lowest BCUT2D eigenvalue weighted by atomic mass is 9.86. The number of nitrogens with one attached hydrogen (secondary N) is 3. The maximum atomic E-state index is 13.1. The number of hydrogen-bond acceptors (Lipinski definition) is 5.